The standard InChI is InChI=1S/C12H16ClNO2/c1-14-6-5-12(15-7-8-16-12)10-3-2-4-11(13)9-10/h2-4,9,14H,5-8H2,1H3. The van der Waals surface area contributed by atoms with Gasteiger partial charge >= 0.3 is 0 Å². The number of hydrogen-bond acceptors (Lipinski definition) is 3. The van der Waals surface area contributed by atoms with Crippen LogP contribution in [-0.4, -0.2) is 26.8 Å². The minimum Gasteiger partial charge on any atom is -0.343 e. The van der Waals surface area contributed by atoms with E-state index in [1.807, 2.05) is 31.3 Å². The molecule has 0 atom stereocenters. The van der Waals surface area contributed by atoms with Crippen LogP contribution in [0.3, 0.4) is 0 Å². The Morgan fingerprint density at radius 1 is 1.38 bits per heavy atom. The van der Waals surface area contributed by atoms with Crippen LogP contribution in [0.2, 0.25) is 5.02 Å². The Bertz CT molecular complexity index is 351. The van der Waals surface area contributed by atoms with E-state index in [1.165, 1.54) is 0 Å². The van der Waals surface area contributed by atoms with Crippen molar-refractivity contribution in [2.45, 2.75) is 12.2 Å². The van der Waals surface area contributed by atoms with Crippen molar-refractivity contribution in [2.24, 2.45) is 0 Å². The topological polar surface area (TPSA) is 30.5 Å². The Kier molecular flexibility index (Phi) is 3.82. The summed E-state index contributed by atoms with van der Waals surface area (Å²) in [6.45, 7) is 2.11. The van der Waals surface area contributed by atoms with Gasteiger partial charge in [0.2, 0.25) is 0 Å². The molecule has 1 fully saturated rings. The maximum Gasteiger partial charge on any atom is 0.196 e. The highest BCUT2D eigenvalue weighted by molar-refractivity contribution is 6.30. The zero-order chi connectivity index (χ0) is 11.4. The molecule has 3 nitrogen and oxygen atoms in total. The molecule has 1 aliphatic rings. The number of nitrogens with one attached hydrogen (secondary N) is 1. The van der Waals surface area contributed by atoms with Gasteiger partial charge in [0, 0.05) is 23.6 Å². The maximum absolute atomic E-state index is 5.99. The van der Waals surface area contributed by atoms with E-state index in [9.17, 15) is 0 Å². The van der Waals surface area contributed by atoms with Crippen molar-refractivity contribution < 1.29 is 9.47 Å². The molecule has 0 unspecified atom stereocenters. The van der Waals surface area contributed by atoms with Crippen molar-refractivity contribution in [2.75, 3.05) is 26.8 Å². The van der Waals surface area contributed by atoms with Gasteiger partial charge in [0.25, 0.3) is 0 Å². The van der Waals surface area contributed by atoms with Crippen LogP contribution in [0.25, 0.3) is 0 Å². The third-order valence-corrected chi connectivity index (χ3v) is 2.96. The van der Waals surface area contributed by atoms with E-state index in [2.05, 4.69) is 5.32 Å². The Balaban J connectivity index is 2.24. The summed E-state index contributed by atoms with van der Waals surface area (Å²) in [5.41, 5.74) is 0.993. The summed E-state index contributed by atoms with van der Waals surface area (Å²) < 4.78 is 11.5. The Labute approximate surface area is 101 Å². The van der Waals surface area contributed by atoms with Crippen LogP contribution in [0.1, 0.15) is 12.0 Å². The highest BCUT2D eigenvalue weighted by Crippen LogP contribution is 2.35. The zero-order valence-electron chi connectivity index (χ0n) is 9.33. The molecule has 1 N–H and O–H groups in total. The first-order valence-electron chi connectivity index (χ1n) is 5.45. The molecule has 0 saturated carbocycles. The largest absolute Gasteiger partial charge is 0.343 e. The number of ether oxygens (including phenoxy) is 2. The Morgan fingerprint density at radius 2 is 2.12 bits per heavy atom. The summed E-state index contributed by atoms with van der Waals surface area (Å²) in [7, 11) is 1.92. The van der Waals surface area contributed by atoms with Gasteiger partial charge < -0.3 is 14.8 Å². The molecule has 0 amide bonds. The Morgan fingerprint density at radius 3 is 2.75 bits per heavy atom. The summed E-state index contributed by atoms with van der Waals surface area (Å²) in [6.07, 6.45) is 0.782. The summed E-state index contributed by atoms with van der Waals surface area (Å²) in [5, 5.41) is 3.82. The van der Waals surface area contributed by atoms with Crippen LogP contribution in [0.15, 0.2) is 24.3 Å². The Hall–Kier alpha value is -0.610. The minimum absolute atomic E-state index is 0.617. The highest BCUT2D eigenvalue weighted by atomic mass is 35.5. The SMILES string of the molecule is CNCCC1(c2cccc(Cl)c2)OCCO1. The third-order valence-electron chi connectivity index (χ3n) is 2.72. The van der Waals surface area contributed by atoms with Gasteiger partial charge in [0.1, 0.15) is 0 Å². The predicted molar refractivity (Wildman–Crippen MR) is 63.6 cm³/mol. The van der Waals surface area contributed by atoms with Crippen molar-refractivity contribution in [3.63, 3.8) is 0 Å². The average molecular weight is 242 g/mol. The fourth-order valence-corrected chi connectivity index (χ4v) is 2.12. The van der Waals surface area contributed by atoms with Gasteiger partial charge in [-0.15, -0.1) is 0 Å². The minimum atomic E-state index is -0.617. The van der Waals surface area contributed by atoms with E-state index in [0.29, 0.717) is 18.2 Å². The van der Waals surface area contributed by atoms with Gasteiger partial charge in [-0.3, -0.25) is 0 Å². The van der Waals surface area contributed by atoms with Crippen molar-refractivity contribution >= 4 is 11.6 Å². The molecule has 1 heterocycles. The summed E-state index contributed by atoms with van der Waals surface area (Å²) in [6, 6.07) is 7.67. The lowest BCUT2D eigenvalue weighted by molar-refractivity contribution is -0.169. The number of hydrogen-bond donors (Lipinski definition) is 1. The van der Waals surface area contributed by atoms with Crippen LogP contribution in [0, 0.1) is 0 Å². The van der Waals surface area contributed by atoms with Crippen molar-refractivity contribution in [1.82, 2.24) is 5.32 Å². The molecule has 1 saturated heterocycles. The van der Waals surface area contributed by atoms with Crippen LogP contribution < -0.4 is 5.32 Å². The quantitative estimate of drug-likeness (QED) is 0.876. The van der Waals surface area contributed by atoms with Gasteiger partial charge in [-0.25, -0.2) is 0 Å². The first kappa shape index (κ1) is 11.9. The van der Waals surface area contributed by atoms with Crippen molar-refractivity contribution in [3.05, 3.63) is 34.9 Å². The second-order valence-electron chi connectivity index (χ2n) is 3.81. The molecular formula is C12H16ClNO2. The molecule has 1 aromatic rings. The number of rotatable bonds is 4. The van der Waals surface area contributed by atoms with E-state index in [1.54, 1.807) is 0 Å². The van der Waals surface area contributed by atoms with E-state index in [-0.39, 0.29) is 0 Å². The molecule has 0 aromatic heterocycles. The normalized spacial score (nSPS) is 18.9. The molecule has 2 rings (SSSR count). The lowest BCUT2D eigenvalue weighted by Crippen LogP contribution is -2.31. The highest BCUT2D eigenvalue weighted by Gasteiger charge is 2.37. The second kappa shape index (κ2) is 5.15. The monoisotopic (exact) mass is 241 g/mol. The van der Waals surface area contributed by atoms with Crippen molar-refractivity contribution in [3.8, 4) is 0 Å². The van der Waals surface area contributed by atoms with E-state index < -0.39 is 5.79 Å². The van der Waals surface area contributed by atoms with Crippen LogP contribution in [-0.2, 0) is 15.3 Å². The van der Waals surface area contributed by atoms with Gasteiger partial charge in [0.05, 0.1) is 13.2 Å². The molecule has 0 bridgehead atoms. The summed E-state index contributed by atoms with van der Waals surface area (Å²) in [5.74, 6) is -0.617. The first-order valence-corrected chi connectivity index (χ1v) is 5.83. The van der Waals surface area contributed by atoms with Crippen LogP contribution >= 0.6 is 11.6 Å². The van der Waals surface area contributed by atoms with Gasteiger partial charge in [-0.05, 0) is 19.2 Å². The molecule has 1 aliphatic heterocycles. The second-order valence-corrected chi connectivity index (χ2v) is 4.25. The fourth-order valence-electron chi connectivity index (χ4n) is 1.93. The molecule has 16 heavy (non-hydrogen) atoms. The molecule has 0 spiro atoms. The first-order chi connectivity index (χ1) is 7.77. The molecule has 0 aliphatic carbocycles. The molecular weight excluding hydrogens is 226 g/mol. The average Bonchev–Trinajstić information content (AvgIpc) is 2.76. The molecule has 4 heteroatoms. The predicted octanol–water partition coefficient (Wildman–Crippen LogP) is 2.15. The number of benzene rings is 1. The third kappa shape index (κ3) is 2.38. The van der Waals surface area contributed by atoms with E-state index in [0.717, 1.165) is 18.5 Å². The zero-order valence-corrected chi connectivity index (χ0v) is 10.1. The summed E-state index contributed by atoms with van der Waals surface area (Å²) >= 11 is 5.99. The molecule has 1 aromatic carbocycles. The van der Waals surface area contributed by atoms with Crippen molar-refractivity contribution in [1.29, 1.82) is 0 Å². The van der Waals surface area contributed by atoms with Gasteiger partial charge in [-0.2, -0.15) is 0 Å². The summed E-state index contributed by atoms with van der Waals surface area (Å²) in [4.78, 5) is 0. The lowest BCUT2D eigenvalue weighted by atomic mass is 10.0. The smallest absolute Gasteiger partial charge is 0.196 e. The van der Waals surface area contributed by atoms with Gasteiger partial charge in [-0.1, -0.05) is 23.7 Å². The van der Waals surface area contributed by atoms with Crippen LogP contribution in [0.4, 0.5) is 0 Å². The molecule has 88 valence electrons. The van der Waals surface area contributed by atoms with E-state index in [4.69, 9.17) is 21.1 Å². The number of halogens is 1. The van der Waals surface area contributed by atoms with Gasteiger partial charge in [0.15, 0.2) is 5.79 Å². The van der Waals surface area contributed by atoms with E-state index >= 15 is 0 Å². The maximum atomic E-state index is 5.99. The lowest BCUT2D eigenvalue weighted by Gasteiger charge is -2.28. The molecule has 0 radical (unpaired) electrons. The fraction of sp³-hybridized carbons (Fsp3) is 0.500. The van der Waals surface area contributed by atoms with Crippen LogP contribution in [0.5, 0.6) is 0 Å².